The van der Waals surface area contributed by atoms with Crippen LogP contribution in [0.3, 0.4) is 0 Å². The molecule has 0 fully saturated rings. The predicted molar refractivity (Wildman–Crippen MR) is 118 cm³/mol. The van der Waals surface area contributed by atoms with Crippen LogP contribution in [0.2, 0.25) is 5.02 Å². The number of carbonyl (C=O) groups excluding carboxylic acids is 1. The third-order valence-electron chi connectivity index (χ3n) is 4.61. The van der Waals surface area contributed by atoms with Gasteiger partial charge in [0.1, 0.15) is 6.54 Å². The zero-order chi connectivity index (χ0) is 20.6. The van der Waals surface area contributed by atoms with E-state index in [9.17, 15) is 13.2 Å². The smallest absolute Gasteiger partial charge is 0.265 e. The number of nitrogens with zero attached hydrogens (tertiary/aromatic N) is 1. The van der Waals surface area contributed by atoms with Crippen molar-refractivity contribution in [3.8, 4) is 11.1 Å². The van der Waals surface area contributed by atoms with E-state index >= 15 is 0 Å². The standard InChI is InChI=1S/C21H17ClN2O3S2/c1-28-16-6-4-5-15(12-16)23-21(25)13-24-19-10-9-14(22)11-18(19)17-7-2-3-8-20(17)29(24,26)27/h2-12H,13H2,1H3,(H,23,25). The van der Waals surface area contributed by atoms with Gasteiger partial charge in [-0.05, 0) is 48.7 Å². The number of halogens is 1. The van der Waals surface area contributed by atoms with Crippen LogP contribution in [0.4, 0.5) is 11.4 Å². The number of carbonyl (C=O) groups is 1. The van der Waals surface area contributed by atoms with Crippen LogP contribution in [-0.2, 0) is 14.8 Å². The highest BCUT2D eigenvalue weighted by molar-refractivity contribution is 7.98. The maximum atomic E-state index is 13.2. The maximum absolute atomic E-state index is 13.2. The van der Waals surface area contributed by atoms with Crippen LogP contribution in [-0.4, -0.2) is 27.1 Å². The number of benzene rings is 3. The Bertz CT molecular complexity index is 1210. The zero-order valence-electron chi connectivity index (χ0n) is 15.4. The van der Waals surface area contributed by atoms with Crippen LogP contribution in [0.1, 0.15) is 0 Å². The van der Waals surface area contributed by atoms with E-state index in [1.807, 2.05) is 24.5 Å². The Kier molecular flexibility index (Phi) is 5.29. The fourth-order valence-corrected chi connectivity index (χ4v) is 5.59. The van der Waals surface area contributed by atoms with Crippen molar-refractivity contribution in [3.05, 3.63) is 71.8 Å². The fourth-order valence-electron chi connectivity index (χ4n) is 3.31. The third-order valence-corrected chi connectivity index (χ3v) is 7.39. The van der Waals surface area contributed by atoms with Crippen LogP contribution >= 0.6 is 23.4 Å². The molecule has 0 saturated heterocycles. The van der Waals surface area contributed by atoms with E-state index in [1.165, 1.54) is 0 Å². The zero-order valence-corrected chi connectivity index (χ0v) is 17.8. The summed E-state index contributed by atoms with van der Waals surface area (Å²) in [6, 6.07) is 19.1. The molecule has 5 nitrogen and oxygen atoms in total. The van der Waals surface area contributed by atoms with Gasteiger partial charge in [0.2, 0.25) is 5.91 Å². The molecule has 0 radical (unpaired) electrons. The van der Waals surface area contributed by atoms with Gasteiger partial charge in [0.05, 0.1) is 10.6 Å². The van der Waals surface area contributed by atoms with E-state index in [0.717, 1.165) is 9.20 Å². The summed E-state index contributed by atoms with van der Waals surface area (Å²) in [7, 11) is -3.88. The number of sulfonamides is 1. The normalized spacial score (nSPS) is 14.1. The molecular formula is C21H17ClN2O3S2. The van der Waals surface area contributed by atoms with Crippen LogP contribution < -0.4 is 9.62 Å². The molecule has 0 atom stereocenters. The summed E-state index contributed by atoms with van der Waals surface area (Å²) in [5.74, 6) is -0.424. The quantitative estimate of drug-likeness (QED) is 0.582. The molecule has 3 aromatic rings. The molecular weight excluding hydrogens is 428 g/mol. The van der Waals surface area contributed by atoms with Gasteiger partial charge in [-0.1, -0.05) is 35.9 Å². The summed E-state index contributed by atoms with van der Waals surface area (Å²) in [6.07, 6.45) is 1.95. The van der Waals surface area contributed by atoms with Crippen molar-refractivity contribution in [1.82, 2.24) is 0 Å². The summed E-state index contributed by atoms with van der Waals surface area (Å²) < 4.78 is 27.6. The molecule has 3 aromatic carbocycles. The Morgan fingerprint density at radius 1 is 1.03 bits per heavy atom. The van der Waals surface area contributed by atoms with E-state index in [-0.39, 0.29) is 11.4 Å². The minimum absolute atomic E-state index is 0.159. The molecule has 148 valence electrons. The first-order valence-corrected chi connectivity index (χ1v) is 11.8. The molecule has 1 aliphatic heterocycles. The van der Waals surface area contributed by atoms with E-state index in [0.29, 0.717) is 27.5 Å². The third kappa shape index (κ3) is 3.73. The van der Waals surface area contributed by atoms with Gasteiger partial charge >= 0.3 is 0 Å². The molecule has 0 aromatic heterocycles. The van der Waals surface area contributed by atoms with Gasteiger partial charge in [0.15, 0.2) is 0 Å². The van der Waals surface area contributed by atoms with E-state index < -0.39 is 15.9 Å². The van der Waals surface area contributed by atoms with Crippen LogP contribution in [0, 0.1) is 0 Å². The first kappa shape index (κ1) is 19.8. The number of rotatable bonds is 4. The van der Waals surface area contributed by atoms with Crippen LogP contribution in [0.25, 0.3) is 11.1 Å². The molecule has 4 rings (SSSR count). The van der Waals surface area contributed by atoms with E-state index in [1.54, 1.807) is 60.3 Å². The van der Waals surface area contributed by atoms with Crippen molar-refractivity contribution in [3.63, 3.8) is 0 Å². The lowest BCUT2D eigenvalue weighted by Crippen LogP contribution is -2.40. The summed E-state index contributed by atoms with van der Waals surface area (Å²) in [4.78, 5) is 13.9. The van der Waals surface area contributed by atoms with Gasteiger partial charge in [-0.25, -0.2) is 8.42 Å². The molecule has 1 heterocycles. The van der Waals surface area contributed by atoms with Gasteiger partial charge in [0, 0.05) is 26.7 Å². The van der Waals surface area contributed by atoms with Crippen molar-refractivity contribution >= 4 is 50.7 Å². The second-order valence-corrected chi connectivity index (χ2v) is 9.60. The number of fused-ring (bicyclic) bond motifs is 3. The highest BCUT2D eigenvalue weighted by Crippen LogP contribution is 2.43. The van der Waals surface area contributed by atoms with Crippen molar-refractivity contribution in [2.75, 3.05) is 22.4 Å². The molecule has 0 spiro atoms. The second-order valence-electron chi connectivity index (χ2n) is 6.45. The highest BCUT2D eigenvalue weighted by atomic mass is 35.5. The molecule has 0 saturated carbocycles. The molecule has 0 unspecified atom stereocenters. The topological polar surface area (TPSA) is 66.5 Å². The number of hydrogen-bond donors (Lipinski definition) is 1. The molecule has 8 heteroatoms. The Hall–Kier alpha value is -2.48. The molecule has 1 aliphatic rings. The van der Waals surface area contributed by atoms with E-state index in [4.69, 9.17) is 11.6 Å². The number of anilines is 2. The van der Waals surface area contributed by atoms with Crippen molar-refractivity contribution < 1.29 is 13.2 Å². The maximum Gasteiger partial charge on any atom is 0.265 e. The predicted octanol–water partition coefficient (Wildman–Crippen LogP) is 4.88. The van der Waals surface area contributed by atoms with Crippen LogP contribution in [0.5, 0.6) is 0 Å². The summed E-state index contributed by atoms with van der Waals surface area (Å²) in [6.45, 7) is -0.338. The van der Waals surface area contributed by atoms with Crippen molar-refractivity contribution in [1.29, 1.82) is 0 Å². The molecule has 0 aliphatic carbocycles. The molecule has 0 bridgehead atoms. The minimum Gasteiger partial charge on any atom is -0.324 e. The summed E-state index contributed by atoms with van der Waals surface area (Å²) in [5.41, 5.74) is 2.31. The monoisotopic (exact) mass is 444 g/mol. The highest BCUT2D eigenvalue weighted by Gasteiger charge is 2.35. The lowest BCUT2D eigenvalue weighted by molar-refractivity contribution is -0.114. The van der Waals surface area contributed by atoms with Gasteiger partial charge in [-0.2, -0.15) is 0 Å². The average molecular weight is 445 g/mol. The largest absolute Gasteiger partial charge is 0.324 e. The van der Waals surface area contributed by atoms with Gasteiger partial charge < -0.3 is 5.32 Å². The molecule has 29 heavy (non-hydrogen) atoms. The molecule has 1 N–H and O–H groups in total. The number of thioether (sulfide) groups is 1. The number of hydrogen-bond acceptors (Lipinski definition) is 4. The van der Waals surface area contributed by atoms with Gasteiger partial charge in [-0.3, -0.25) is 9.10 Å². The lowest BCUT2D eigenvalue weighted by Gasteiger charge is -2.31. The Morgan fingerprint density at radius 3 is 2.62 bits per heavy atom. The van der Waals surface area contributed by atoms with E-state index in [2.05, 4.69) is 5.32 Å². The fraction of sp³-hybridized carbons (Fsp3) is 0.0952. The summed E-state index contributed by atoms with van der Waals surface area (Å²) in [5, 5.41) is 3.28. The number of amides is 1. The van der Waals surface area contributed by atoms with Crippen LogP contribution in [0.15, 0.2) is 76.5 Å². The van der Waals surface area contributed by atoms with Gasteiger partial charge in [-0.15, -0.1) is 11.8 Å². The van der Waals surface area contributed by atoms with Crippen molar-refractivity contribution in [2.24, 2.45) is 0 Å². The second kappa shape index (κ2) is 7.74. The number of nitrogens with one attached hydrogen (secondary N) is 1. The Balaban J connectivity index is 1.71. The molecule has 1 amide bonds. The SMILES string of the molecule is CSc1cccc(NC(=O)CN2c3ccc(Cl)cc3-c3ccccc3S2(=O)=O)c1. The Labute approximate surface area is 178 Å². The first-order chi connectivity index (χ1) is 13.9. The first-order valence-electron chi connectivity index (χ1n) is 8.76. The lowest BCUT2D eigenvalue weighted by atomic mass is 10.0. The Morgan fingerprint density at radius 2 is 1.83 bits per heavy atom. The van der Waals surface area contributed by atoms with Crippen molar-refractivity contribution in [2.45, 2.75) is 9.79 Å². The summed E-state index contributed by atoms with van der Waals surface area (Å²) >= 11 is 7.71. The van der Waals surface area contributed by atoms with Gasteiger partial charge in [0.25, 0.3) is 10.0 Å². The average Bonchev–Trinajstić information content (AvgIpc) is 2.71. The minimum atomic E-state index is -3.88.